The molecule has 3 rings (SSSR count). The predicted molar refractivity (Wildman–Crippen MR) is 92.9 cm³/mol. The maximum Gasteiger partial charge on any atom is 0.274 e. The molecule has 0 unspecified atom stereocenters. The van der Waals surface area contributed by atoms with E-state index >= 15 is 0 Å². The van der Waals surface area contributed by atoms with Gasteiger partial charge in [-0.25, -0.2) is 4.39 Å². The minimum atomic E-state index is -0.445. The van der Waals surface area contributed by atoms with Crippen LogP contribution in [0.5, 0.6) is 0 Å². The molecule has 0 saturated heterocycles. The predicted octanol–water partition coefficient (Wildman–Crippen LogP) is 3.54. The fourth-order valence-electron chi connectivity index (χ4n) is 2.94. The van der Waals surface area contributed by atoms with Crippen molar-refractivity contribution in [3.05, 3.63) is 59.7 Å². The van der Waals surface area contributed by atoms with Crippen LogP contribution in [0.3, 0.4) is 0 Å². The van der Waals surface area contributed by atoms with Gasteiger partial charge in [-0.15, -0.1) is 0 Å². The van der Waals surface area contributed by atoms with Gasteiger partial charge in [0.15, 0.2) is 0 Å². The van der Waals surface area contributed by atoms with E-state index in [1.54, 1.807) is 6.07 Å². The first-order valence-corrected chi connectivity index (χ1v) is 8.45. The zero-order valence-electron chi connectivity index (χ0n) is 13.8. The molecule has 2 aromatic rings. The van der Waals surface area contributed by atoms with Crippen LogP contribution >= 0.6 is 0 Å². The van der Waals surface area contributed by atoms with Gasteiger partial charge in [-0.3, -0.25) is 14.6 Å². The molecule has 1 aromatic heterocycles. The van der Waals surface area contributed by atoms with Gasteiger partial charge in [0, 0.05) is 23.5 Å². The number of hydrogen-bond acceptors (Lipinski definition) is 3. The summed E-state index contributed by atoms with van der Waals surface area (Å²) < 4.78 is 12.9. The molecule has 6 heteroatoms. The first-order chi connectivity index (χ1) is 12.1. The molecular formula is C19H20FN3O2. The number of halogens is 1. The standard InChI is InChI=1S/C19H20FN3O2/c20-14-6-8-16(9-7-14)23-19(25)17-12-13(10-11-21-17)18(24)22-15-4-2-1-3-5-15/h6-12,15H,1-5H2,(H,22,24)(H,23,25). The van der Waals surface area contributed by atoms with Crippen LogP contribution in [0.25, 0.3) is 0 Å². The molecular weight excluding hydrogens is 321 g/mol. The number of pyridine rings is 1. The first kappa shape index (κ1) is 17.1. The highest BCUT2D eigenvalue weighted by molar-refractivity contribution is 6.04. The highest BCUT2D eigenvalue weighted by atomic mass is 19.1. The number of benzene rings is 1. The van der Waals surface area contributed by atoms with Crippen LogP contribution in [0.15, 0.2) is 42.6 Å². The lowest BCUT2D eigenvalue weighted by atomic mass is 9.95. The second-order valence-corrected chi connectivity index (χ2v) is 6.20. The van der Waals surface area contributed by atoms with E-state index in [1.807, 2.05) is 0 Å². The fraction of sp³-hybridized carbons (Fsp3) is 0.316. The molecule has 1 aliphatic carbocycles. The summed E-state index contributed by atoms with van der Waals surface area (Å²) >= 11 is 0. The Morgan fingerprint density at radius 1 is 1.00 bits per heavy atom. The maximum atomic E-state index is 12.9. The highest BCUT2D eigenvalue weighted by Crippen LogP contribution is 2.18. The van der Waals surface area contributed by atoms with Crippen molar-refractivity contribution in [3.8, 4) is 0 Å². The zero-order valence-corrected chi connectivity index (χ0v) is 13.8. The molecule has 25 heavy (non-hydrogen) atoms. The molecule has 0 radical (unpaired) electrons. The third-order valence-electron chi connectivity index (χ3n) is 4.30. The number of rotatable bonds is 4. The summed E-state index contributed by atoms with van der Waals surface area (Å²) in [6, 6.07) is 8.71. The van der Waals surface area contributed by atoms with E-state index in [0.29, 0.717) is 11.3 Å². The Morgan fingerprint density at radius 3 is 2.44 bits per heavy atom. The average Bonchev–Trinajstić information content (AvgIpc) is 2.64. The Kier molecular flexibility index (Phi) is 5.38. The first-order valence-electron chi connectivity index (χ1n) is 8.45. The molecule has 0 aliphatic heterocycles. The minimum absolute atomic E-state index is 0.139. The molecule has 130 valence electrons. The number of carbonyl (C=O) groups excluding carboxylic acids is 2. The van der Waals surface area contributed by atoms with Crippen LogP contribution < -0.4 is 10.6 Å². The van der Waals surface area contributed by atoms with Crippen molar-refractivity contribution >= 4 is 17.5 Å². The van der Waals surface area contributed by atoms with E-state index in [9.17, 15) is 14.0 Å². The number of amides is 2. The van der Waals surface area contributed by atoms with Gasteiger partial charge in [0.25, 0.3) is 11.8 Å². The third kappa shape index (κ3) is 4.62. The molecule has 1 fully saturated rings. The van der Waals surface area contributed by atoms with Crippen molar-refractivity contribution < 1.29 is 14.0 Å². The van der Waals surface area contributed by atoms with E-state index < -0.39 is 5.91 Å². The number of hydrogen-bond donors (Lipinski definition) is 2. The lowest BCUT2D eigenvalue weighted by Crippen LogP contribution is -2.36. The largest absolute Gasteiger partial charge is 0.349 e. The van der Waals surface area contributed by atoms with Gasteiger partial charge in [-0.05, 0) is 49.2 Å². The summed E-state index contributed by atoms with van der Waals surface area (Å²) in [5, 5.41) is 5.65. The Labute approximate surface area is 145 Å². The number of nitrogens with zero attached hydrogens (tertiary/aromatic N) is 1. The number of carbonyl (C=O) groups is 2. The quantitative estimate of drug-likeness (QED) is 0.893. The summed E-state index contributed by atoms with van der Waals surface area (Å²) in [5.74, 6) is -1.01. The van der Waals surface area contributed by atoms with Crippen molar-refractivity contribution in [3.63, 3.8) is 0 Å². The number of anilines is 1. The minimum Gasteiger partial charge on any atom is -0.349 e. The van der Waals surface area contributed by atoms with E-state index in [0.717, 1.165) is 25.7 Å². The van der Waals surface area contributed by atoms with E-state index in [4.69, 9.17) is 0 Å². The van der Waals surface area contributed by atoms with Crippen molar-refractivity contribution in [2.45, 2.75) is 38.1 Å². The van der Waals surface area contributed by atoms with E-state index in [1.165, 1.54) is 42.9 Å². The lowest BCUT2D eigenvalue weighted by molar-refractivity contribution is 0.0927. The number of aromatic nitrogens is 1. The second-order valence-electron chi connectivity index (χ2n) is 6.20. The maximum absolute atomic E-state index is 12.9. The van der Waals surface area contributed by atoms with Gasteiger partial charge in [-0.1, -0.05) is 19.3 Å². The summed E-state index contributed by atoms with van der Waals surface area (Å²) in [6.45, 7) is 0. The Hall–Kier alpha value is -2.76. The fourth-order valence-corrected chi connectivity index (χ4v) is 2.94. The monoisotopic (exact) mass is 341 g/mol. The molecule has 0 spiro atoms. The Morgan fingerprint density at radius 2 is 1.72 bits per heavy atom. The smallest absolute Gasteiger partial charge is 0.274 e. The van der Waals surface area contributed by atoms with Crippen LogP contribution in [-0.4, -0.2) is 22.8 Å². The zero-order chi connectivity index (χ0) is 17.6. The SMILES string of the molecule is O=C(NC1CCCCC1)c1ccnc(C(=O)Nc2ccc(F)cc2)c1. The van der Waals surface area contributed by atoms with Crippen molar-refractivity contribution in [2.75, 3.05) is 5.32 Å². The molecule has 2 amide bonds. The van der Waals surface area contributed by atoms with Crippen LogP contribution in [0.1, 0.15) is 53.0 Å². The highest BCUT2D eigenvalue weighted by Gasteiger charge is 2.18. The summed E-state index contributed by atoms with van der Waals surface area (Å²) in [6.07, 6.45) is 6.91. The molecule has 0 atom stereocenters. The molecule has 5 nitrogen and oxygen atoms in total. The summed E-state index contributed by atoms with van der Waals surface area (Å²) in [5.41, 5.74) is 1.01. The Bertz CT molecular complexity index is 756. The van der Waals surface area contributed by atoms with Gasteiger partial charge < -0.3 is 10.6 Å². The molecule has 2 N–H and O–H groups in total. The second kappa shape index (κ2) is 7.88. The van der Waals surface area contributed by atoms with Gasteiger partial charge in [-0.2, -0.15) is 0 Å². The van der Waals surface area contributed by atoms with Gasteiger partial charge in [0.2, 0.25) is 0 Å². The molecule has 1 saturated carbocycles. The average molecular weight is 341 g/mol. The summed E-state index contributed by atoms with van der Waals surface area (Å²) in [7, 11) is 0. The van der Waals surface area contributed by atoms with E-state index in [2.05, 4.69) is 15.6 Å². The van der Waals surface area contributed by atoms with Crippen molar-refractivity contribution in [2.24, 2.45) is 0 Å². The van der Waals surface area contributed by atoms with Crippen LogP contribution in [0, 0.1) is 5.82 Å². The van der Waals surface area contributed by atoms with Gasteiger partial charge >= 0.3 is 0 Å². The lowest BCUT2D eigenvalue weighted by Gasteiger charge is -2.22. The normalized spacial score (nSPS) is 14.8. The van der Waals surface area contributed by atoms with Crippen LogP contribution in [-0.2, 0) is 0 Å². The summed E-state index contributed by atoms with van der Waals surface area (Å²) in [4.78, 5) is 28.7. The molecule has 1 heterocycles. The van der Waals surface area contributed by atoms with Gasteiger partial charge in [0.1, 0.15) is 11.5 Å². The molecule has 0 bridgehead atoms. The van der Waals surface area contributed by atoms with Crippen LogP contribution in [0.4, 0.5) is 10.1 Å². The third-order valence-corrected chi connectivity index (χ3v) is 4.30. The topological polar surface area (TPSA) is 71.1 Å². The van der Waals surface area contributed by atoms with Crippen LogP contribution in [0.2, 0.25) is 0 Å². The number of nitrogens with one attached hydrogen (secondary N) is 2. The van der Waals surface area contributed by atoms with E-state index in [-0.39, 0.29) is 23.5 Å². The van der Waals surface area contributed by atoms with Crippen molar-refractivity contribution in [1.29, 1.82) is 0 Å². The molecule has 1 aliphatic rings. The van der Waals surface area contributed by atoms with Crippen molar-refractivity contribution in [1.82, 2.24) is 10.3 Å². The van der Waals surface area contributed by atoms with Gasteiger partial charge in [0.05, 0.1) is 0 Å². The Balaban J connectivity index is 1.66. The molecule has 1 aromatic carbocycles.